The van der Waals surface area contributed by atoms with E-state index in [1.54, 1.807) is 18.2 Å². The largest absolute Gasteiger partial charge is 0.465 e. The van der Waals surface area contributed by atoms with Crippen LogP contribution in [0.2, 0.25) is 5.02 Å². The van der Waals surface area contributed by atoms with Crippen molar-refractivity contribution in [1.29, 1.82) is 0 Å². The Kier molecular flexibility index (Phi) is 4.50. The van der Waals surface area contributed by atoms with Gasteiger partial charge in [0.1, 0.15) is 0 Å². The molecular weight excluding hydrogens is 314 g/mol. The molecule has 2 aromatic rings. The molecular formula is C14H12ClNO4S. The Morgan fingerprint density at radius 2 is 1.81 bits per heavy atom. The van der Waals surface area contributed by atoms with E-state index in [0.29, 0.717) is 0 Å². The Hall–Kier alpha value is -2.05. The third-order valence-corrected chi connectivity index (χ3v) is 4.38. The number of nitrogens with one attached hydrogen (secondary N) is 1. The molecule has 2 rings (SSSR count). The maximum absolute atomic E-state index is 12.2. The van der Waals surface area contributed by atoms with Gasteiger partial charge in [0.05, 0.1) is 28.3 Å². The van der Waals surface area contributed by atoms with Crippen molar-refractivity contribution in [1.82, 2.24) is 0 Å². The molecule has 110 valence electrons. The van der Waals surface area contributed by atoms with Crippen molar-refractivity contribution >= 4 is 33.3 Å². The van der Waals surface area contributed by atoms with Crippen LogP contribution in [0.25, 0.3) is 0 Å². The van der Waals surface area contributed by atoms with Gasteiger partial charge >= 0.3 is 5.97 Å². The predicted octanol–water partition coefficient (Wildman–Crippen LogP) is 2.93. The zero-order valence-electron chi connectivity index (χ0n) is 11.0. The van der Waals surface area contributed by atoms with Crippen molar-refractivity contribution in [2.45, 2.75) is 4.90 Å². The number of carbonyl (C=O) groups is 1. The molecule has 0 aliphatic heterocycles. The van der Waals surface area contributed by atoms with E-state index in [1.807, 2.05) is 0 Å². The summed E-state index contributed by atoms with van der Waals surface area (Å²) in [7, 11) is -2.47. The van der Waals surface area contributed by atoms with E-state index in [1.165, 1.54) is 37.4 Å². The lowest BCUT2D eigenvalue weighted by atomic mass is 10.2. The molecule has 0 heterocycles. The van der Waals surface area contributed by atoms with Crippen molar-refractivity contribution in [2.24, 2.45) is 0 Å². The Morgan fingerprint density at radius 3 is 2.38 bits per heavy atom. The summed E-state index contributed by atoms with van der Waals surface area (Å²) in [6.45, 7) is 0. The van der Waals surface area contributed by atoms with E-state index in [9.17, 15) is 13.2 Å². The molecule has 0 atom stereocenters. The van der Waals surface area contributed by atoms with Gasteiger partial charge in [-0.1, -0.05) is 29.8 Å². The van der Waals surface area contributed by atoms with Gasteiger partial charge in [0.15, 0.2) is 0 Å². The second-order valence-corrected chi connectivity index (χ2v) is 6.19. The fourth-order valence-corrected chi connectivity index (χ4v) is 3.03. The number of rotatable bonds is 4. The molecule has 7 heteroatoms. The topological polar surface area (TPSA) is 72.5 Å². The predicted molar refractivity (Wildman–Crippen MR) is 80.0 cm³/mol. The van der Waals surface area contributed by atoms with E-state index >= 15 is 0 Å². The summed E-state index contributed by atoms with van der Waals surface area (Å²) in [5.74, 6) is -0.547. The smallest absolute Gasteiger partial charge is 0.337 e. The zero-order chi connectivity index (χ0) is 15.5. The van der Waals surface area contributed by atoms with Crippen LogP contribution in [0.4, 0.5) is 5.69 Å². The zero-order valence-corrected chi connectivity index (χ0v) is 12.6. The summed E-state index contributed by atoms with van der Waals surface area (Å²) in [6.07, 6.45) is 0. The fraction of sp³-hybridized carbons (Fsp3) is 0.0714. The number of sulfonamides is 1. The quantitative estimate of drug-likeness (QED) is 0.877. The van der Waals surface area contributed by atoms with Gasteiger partial charge in [-0.3, -0.25) is 4.72 Å². The summed E-state index contributed by atoms with van der Waals surface area (Å²) in [6, 6.07) is 12.1. The Morgan fingerprint density at radius 1 is 1.14 bits per heavy atom. The summed E-state index contributed by atoms with van der Waals surface area (Å²) in [5.41, 5.74) is 0.429. The van der Waals surface area contributed by atoms with Gasteiger partial charge in [-0.05, 0) is 30.3 Å². The van der Waals surface area contributed by atoms with Crippen LogP contribution in [-0.4, -0.2) is 21.5 Å². The second-order valence-electron chi connectivity index (χ2n) is 4.10. The first-order valence-electron chi connectivity index (χ1n) is 5.90. The average molecular weight is 326 g/mol. The minimum Gasteiger partial charge on any atom is -0.465 e. The molecule has 5 nitrogen and oxygen atoms in total. The fourth-order valence-electron chi connectivity index (χ4n) is 1.65. The lowest BCUT2D eigenvalue weighted by molar-refractivity contribution is 0.0601. The molecule has 0 saturated heterocycles. The molecule has 0 spiro atoms. The molecule has 0 fully saturated rings. The Bertz CT molecular complexity index is 760. The molecule has 0 bridgehead atoms. The molecule has 0 aliphatic carbocycles. The van der Waals surface area contributed by atoms with Crippen molar-refractivity contribution in [3.63, 3.8) is 0 Å². The maximum Gasteiger partial charge on any atom is 0.337 e. The molecule has 0 aromatic heterocycles. The van der Waals surface area contributed by atoms with Crippen LogP contribution in [-0.2, 0) is 14.8 Å². The number of anilines is 1. The average Bonchev–Trinajstić information content (AvgIpc) is 2.49. The lowest BCUT2D eigenvalue weighted by Gasteiger charge is -2.10. The van der Waals surface area contributed by atoms with Gasteiger partial charge < -0.3 is 4.74 Å². The van der Waals surface area contributed by atoms with Gasteiger partial charge in [0.2, 0.25) is 0 Å². The van der Waals surface area contributed by atoms with Crippen molar-refractivity contribution in [3.8, 4) is 0 Å². The normalized spacial score (nSPS) is 11.0. The van der Waals surface area contributed by atoms with Gasteiger partial charge in [-0.25, -0.2) is 13.2 Å². The minimum atomic E-state index is -3.73. The van der Waals surface area contributed by atoms with E-state index in [2.05, 4.69) is 9.46 Å². The number of benzene rings is 2. The molecule has 1 N–H and O–H groups in total. The van der Waals surface area contributed by atoms with E-state index in [4.69, 9.17) is 11.6 Å². The van der Waals surface area contributed by atoms with Crippen LogP contribution in [0.15, 0.2) is 53.4 Å². The minimum absolute atomic E-state index is 0.109. The van der Waals surface area contributed by atoms with Crippen LogP contribution < -0.4 is 4.72 Å². The molecule has 0 aliphatic rings. The number of carbonyl (C=O) groups excluding carboxylic acids is 1. The monoisotopic (exact) mass is 325 g/mol. The number of hydrogen-bond acceptors (Lipinski definition) is 4. The summed E-state index contributed by atoms with van der Waals surface area (Å²) >= 11 is 5.99. The van der Waals surface area contributed by atoms with Crippen molar-refractivity contribution < 1.29 is 17.9 Å². The summed E-state index contributed by atoms with van der Waals surface area (Å²) in [5, 5.41) is 0.109. The highest BCUT2D eigenvalue weighted by molar-refractivity contribution is 7.92. The number of halogens is 1. The number of ether oxygens (including phenoxy) is 1. The van der Waals surface area contributed by atoms with Crippen LogP contribution >= 0.6 is 11.6 Å². The van der Waals surface area contributed by atoms with E-state index in [0.717, 1.165) is 0 Å². The second kappa shape index (κ2) is 6.15. The molecule has 0 unspecified atom stereocenters. The van der Waals surface area contributed by atoms with Gasteiger partial charge in [-0.2, -0.15) is 0 Å². The van der Waals surface area contributed by atoms with Crippen LogP contribution in [0.3, 0.4) is 0 Å². The summed E-state index contributed by atoms with van der Waals surface area (Å²) < 4.78 is 31.3. The van der Waals surface area contributed by atoms with Gasteiger partial charge in [0.25, 0.3) is 10.0 Å². The van der Waals surface area contributed by atoms with Crippen LogP contribution in [0.5, 0.6) is 0 Å². The Balaban J connectivity index is 2.30. The number of esters is 1. The lowest BCUT2D eigenvalue weighted by Crippen LogP contribution is -2.13. The first-order chi connectivity index (χ1) is 9.94. The molecule has 0 saturated carbocycles. The van der Waals surface area contributed by atoms with E-state index in [-0.39, 0.29) is 21.2 Å². The molecule has 0 radical (unpaired) electrons. The van der Waals surface area contributed by atoms with Gasteiger partial charge in [0, 0.05) is 0 Å². The van der Waals surface area contributed by atoms with Crippen LogP contribution in [0.1, 0.15) is 10.4 Å². The van der Waals surface area contributed by atoms with Gasteiger partial charge in [-0.15, -0.1) is 0 Å². The van der Waals surface area contributed by atoms with E-state index < -0.39 is 16.0 Å². The van der Waals surface area contributed by atoms with Crippen molar-refractivity contribution in [3.05, 3.63) is 59.1 Å². The molecule has 0 amide bonds. The highest BCUT2D eigenvalue weighted by atomic mass is 35.5. The Labute approximate surface area is 127 Å². The summed E-state index contributed by atoms with van der Waals surface area (Å²) in [4.78, 5) is 11.5. The third-order valence-electron chi connectivity index (χ3n) is 2.69. The molecule has 21 heavy (non-hydrogen) atoms. The number of methoxy groups -OCH3 is 1. The maximum atomic E-state index is 12.2. The third kappa shape index (κ3) is 3.53. The highest BCUT2D eigenvalue weighted by Crippen LogP contribution is 2.26. The molecule has 2 aromatic carbocycles. The number of hydrogen-bond donors (Lipinski definition) is 1. The highest BCUT2D eigenvalue weighted by Gasteiger charge is 2.16. The first kappa shape index (κ1) is 15.3. The van der Waals surface area contributed by atoms with Crippen molar-refractivity contribution in [2.75, 3.05) is 11.8 Å². The SMILES string of the molecule is COC(=O)c1ccc(NS(=O)(=O)c2ccccc2)c(Cl)c1. The van der Waals surface area contributed by atoms with Crippen LogP contribution in [0, 0.1) is 0 Å². The first-order valence-corrected chi connectivity index (χ1v) is 7.76. The standard InChI is InChI=1S/C14H12ClNO4S/c1-20-14(17)10-7-8-13(12(15)9-10)16-21(18,19)11-5-3-2-4-6-11/h2-9,16H,1H3.